The Hall–Kier alpha value is -2.56. The van der Waals surface area contributed by atoms with Gasteiger partial charge in [-0.2, -0.15) is 0 Å². The van der Waals surface area contributed by atoms with E-state index in [9.17, 15) is 9.18 Å². The number of rotatable bonds is 4. The fourth-order valence-corrected chi connectivity index (χ4v) is 3.70. The average Bonchev–Trinajstić information content (AvgIpc) is 2.76. The number of halogens is 1. The third kappa shape index (κ3) is 3.52. The van der Waals surface area contributed by atoms with Gasteiger partial charge in [0.2, 0.25) is 0 Å². The van der Waals surface area contributed by atoms with E-state index < -0.39 is 12.1 Å². The summed E-state index contributed by atoms with van der Waals surface area (Å²) in [6.07, 6.45) is -0.374. The van der Waals surface area contributed by atoms with Gasteiger partial charge in [0.15, 0.2) is 0 Å². The van der Waals surface area contributed by atoms with Crippen molar-refractivity contribution in [3.63, 3.8) is 0 Å². The van der Waals surface area contributed by atoms with Crippen LogP contribution in [0.1, 0.15) is 44.9 Å². The molecule has 3 rings (SSSR count). The summed E-state index contributed by atoms with van der Waals surface area (Å²) >= 11 is 0. The highest BCUT2D eigenvalue weighted by molar-refractivity contribution is 5.69. The summed E-state index contributed by atoms with van der Waals surface area (Å²) in [5.74, 6) is 0.337. The van der Waals surface area contributed by atoms with Gasteiger partial charge in [-0.3, -0.25) is 0 Å². The molecule has 2 aromatic carbocycles. The Balaban J connectivity index is 2.02. The molecule has 4 nitrogen and oxygen atoms in total. The van der Waals surface area contributed by atoms with Crippen LogP contribution < -0.4 is 10.1 Å². The molecule has 0 saturated carbocycles. The van der Waals surface area contributed by atoms with Gasteiger partial charge in [-0.05, 0) is 66.6 Å². The Labute approximate surface area is 153 Å². The first kappa shape index (κ1) is 18.2. The first-order valence-electron chi connectivity index (χ1n) is 8.76. The van der Waals surface area contributed by atoms with Gasteiger partial charge in [-0.25, -0.2) is 9.18 Å². The molecule has 0 bridgehead atoms. The maximum atomic E-state index is 14.9. The molecule has 0 radical (unpaired) electrons. The molecule has 1 atom stereocenters. The standard InChI is InChI=1S/C21H24FNO3/c1-12(2)26-15-7-5-6-13(8-15)16-9-14-11-21(3,4)19(23-20(24)25)17(14)10-18(16)22/h5-10,12,19,23H,11H2,1-4H3,(H,24,25)/t19-/m0/s1. The quantitative estimate of drug-likeness (QED) is 0.793. The van der Waals surface area contributed by atoms with Crippen molar-refractivity contribution in [2.24, 2.45) is 5.41 Å². The van der Waals surface area contributed by atoms with Gasteiger partial charge < -0.3 is 15.2 Å². The predicted octanol–water partition coefficient (Wildman–Crippen LogP) is 5.17. The number of fused-ring (bicyclic) bond motifs is 1. The minimum absolute atomic E-state index is 0.0405. The number of carboxylic acid groups (broad SMARTS) is 1. The van der Waals surface area contributed by atoms with Crippen LogP contribution in [0.5, 0.6) is 5.75 Å². The van der Waals surface area contributed by atoms with Gasteiger partial charge in [0.1, 0.15) is 11.6 Å². The Morgan fingerprint density at radius 2 is 2.04 bits per heavy atom. The third-order valence-electron chi connectivity index (χ3n) is 4.75. The van der Waals surface area contributed by atoms with E-state index in [4.69, 9.17) is 9.84 Å². The van der Waals surface area contributed by atoms with Gasteiger partial charge in [0, 0.05) is 5.56 Å². The van der Waals surface area contributed by atoms with Crippen LogP contribution in [0, 0.1) is 11.2 Å². The van der Waals surface area contributed by atoms with Crippen molar-refractivity contribution >= 4 is 6.09 Å². The lowest BCUT2D eigenvalue weighted by Gasteiger charge is -2.27. The van der Waals surface area contributed by atoms with E-state index in [0.717, 1.165) is 11.1 Å². The van der Waals surface area contributed by atoms with Gasteiger partial charge in [-0.1, -0.05) is 26.0 Å². The summed E-state index contributed by atoms with van der Waals surface area (Å²) < 4.78 is 20.6. The minimum Gasteiger partial charge on any atom is -0.491 e. The van der Waals surface area contributed by atoms with E-state index in [1.54, 1.807) is 0 Å². The van der Waals surface area contributed by atoms with Crippen LogP contribution in [0.25, 0.3) is 11.1 Å². The zero-order valence-corrected chi connectivity index (χ0v) is 15.5. The average molecular weight is 357 g/mol. The summed E-state index contributed by atoms with van der Waals surface area (Å²) in [5.41, 5.74) is 2.63. The van der Waals surface area contributed by atoms with Gasteiger partial charge in [0.05, 0.1) is 12.1 Å². The molecule has 0 unspecified atom stereocenters. The molecule has 2 aromatic rings. The number of hydrogen-bond donors (Lipinski definition) is 2. The normalized spacial score (nSPS) is 17.8. The van der Waals surface area contributed by atoms with E-state index in [1.807, 2.05) is 58.0 Å². The fraction of sp³-hybridized carbons (Fsp3) is 0.381. The molecule has 2 N–H and O–H groups in total. The largest absolute Gasteiger partial charge is 0.491 e. The Bertz CT molecular complexity index is 845. The molecule has 0 spiro atoms. The monoisotopic (exact) mass is 357 g/mol. The highest BCUT2D eigenvalue weighted by Gasteiger charge is 2.40. The van der Waals surface area contributed by atoms with Crippen LogP contribution in [0.15, 0.2) is 36.4 Å². The molecule has 0 saturated heterocycles. The zero-order chi connectivity index (χ0) is 19.1. The van der Waals surface area contributed by atoms with E-state index in [-0.39, 0.29) is 17.3 Å². The van der Waals surface area contributed by atoms with Crippen LogP contribution in [0.2, 0.25) is 0 Å². The Morgan fingerprint density at radius 3 is 2.69 bits per heavy atom. The van der Waals surface area contributed by atoms with E-state index in [0.29, 0.717) is 23.3 Å². The maximum absolute atomic E-state index is 14.9. The van der Waals surface area contributed by atoms with Crippen molar-refractivity contribution in [2.45, 2.75) is 46.3 Å². The SMILES string of the molecule is CC(C)Oc1cccc(-c2cc3c(cc2F)[C@H](NC(=O)O)C(C)(C)C3)c1. The smallest absolute Gasteiger partial charge is 0.405 e. The predicted molar refractivity (Wildman–Crippen MR) is 99.0 cm³/mol. The lowest BCUT2D eigenvalue weighted by molar-refractivity contribution is 0.175. The second kappa shape index (κ2) is 6.63. The molecule has 138 valence electrons. The third-order valence-corrected chi connectivity index (χ3v) is 4.75. The number of carbonyl (C=O) groups is 1. The fourth-order valence-electron chi connectivity index (χ4n) is 3.70. The number of benzene rings is 2. The van der Waals surface area contributed by atoms with Crippen LogP contribution in [-0.2, 0) is 6.42 Å². The van der Waals surface area contributed by atoms with Crippen molar-refractivity contribution in [3.8, 4) is 16.9 Å². The first-order chi connectivity index (χ1) is 12.2. The zero-order valence-electron chi connectivity index (χ0n) is 15.5. The summed E-state index contributed by atoms with van der Waals surface area (Å²) in [4.78, 5) is 11.1. The van der Waals surface area contributed by atoms with Gasteiger partial charge >= 0.3 is 6.09 Å². The first-order valence-corrected chi connectivity index (χ1v) is 8.76. The Morgan fingerprint density at radius 1 is 1.31 bits per heavy atom. The van der Waals surface area contributed by atoms with Crippen molar-refractivity contribution in [1.82, 2.24) is 5.32 Å². The minimum atomic E-state index is -1.10. The molecule has 26 heavy (non-hydrogen) atoms. The van der Waals surface area contributed by atoms with Gasteiger partial charge in [-0.15, -0.1) is 0 Å². The van der Waals surface area contributed by atoms with E-state index in [2.05, 4.69) is 5.32 Å². The molecule has 5 heteroatoms. The number of hydrogen-bond acceptors (Lipinski definition) is 2. The molecular weight excluding hydrogens is 333 g/mol. The van der Waals surface area contributed by atoms with Gasteiger partial charge in [0.25, 0.3) is 0 Å². The van der Waals surface area contributed by atoms with Crippen LogP contribution in [-0.4, -0.2) is 17.3 Å². The second-order valence-electron chi connectivity index (χ2n) is 7.77. The summed E-state index contributed by atoms with van der Waals surface area (Å²) in [7, 11) is 0. The molecule has 0 aliphatic heterocycles. The molecule has 1 aliphatic rings. The van der Waals surface area contributed by atoms with Crippen LogP contribution in [0.4, 0.5) is 9.18 Å². The molecular formula is C21H24FNO3. The second-order valence-corrected chi connectivity index (χ2v) is 7.77. The molecule has 0 heterocycles. The van der Waals surface area contributed by atoms with Crippen molar-refractivity contribution in [2.75, 3.05) is 0 Å². The van der Waals surface area contributed by atoms with E-state index in [1.165, 1.54) is 6.07 Å². The van der Waals surface area contributed by atoms with Crippen molar-refractivity contribution < 1.29 is 19.0 Å². The van der Waals surface area contributed by atoms with Crippen LogP contribution >= 0.6 is 0 Å². The maximum Gasteiger partial charge on any atom is 0.405 e. The summed E-state index contributed by atoms with van der Waals surface area (Å²) in [6.45, 7) is 7.87. The highest BCUT2D eigenvalue weighted by Crippen LogP contribution is 2.46. The topological polar surface area (TPSA) is 58.6 Å². The molecule has 1 aliphatic carbocycles. The highest BCUT2D eigenvalue weighted by atomic mass is 19.1. The summed E-state index contributed by atoms with van der Waals surface area (Å²) in [6, 6.07) is 10.3. The number of amides is 1. The summed E-state index contributed by atoms with van der Waals surface area (Å²) in [5, 5.41) is 11.7. The van der Waals surface area contributed by atoms with Crippen molar-refractivity contribution in [1.29, 1.82) is 0 Å². The Kier molecular flexibility index (Phi) is 4.65. The molecule has 1 amide bonds. The number of nitrogens with one attached hydrogen (secondary N) is 1. The van der Waals surface area contributed by atoms with E-state index >= 15 is 0 Å². The lowest BCUT2D eigenvalue weighted by atomic mass is 9.85. The van der Waals surface area contributed by atoms with Crippen molar-refractivity contribution in [3.05, 3.63) is 53.3 Å². The molecule has 0 fully saturated rings. The number of ether oxygens (including phenoxy) is 1. The lowest BCUT2D eigenvalue weighted by Crippen LogP contribution is -2.34. The van der Waals surface area contributed by atoms with Crippen LogP contribution in [0.3, 0.4) is 0 Å². The molecule has 0 aromatic heterocycles.